The predicted molar refractivity (Wildman–Crippen MR) is 134 cm³/mol. The standard InChI is InChI=1S/C18H21I3N2O6/c1-6-28-18(27)16(7(2)3)29-17(26)10-11(19)14(22-8(4)24)13(21)15(12(10)20)23-9(5)25/h7,16H,6H2,1-5H3,(H,22,24)(H,23,25). The Balaban J connectivity index is 3.55. The summed E-state index contributed by atoms with van der Waals surface area (Å²) in [5.41, 5.74) is 0.910. The number of amides is 2. The van der Waals surface area contributed by atoms with Crippen LogP contribution in [-0.4, -0.2) is 36.5 Å². The van der Waals surface area contributed by atoms with Gasteiger partial charge >= 0.3 is 11.9 Å². The van der Waals surface area contributed by atoms with Crippen molar-refractivity contribution in [3.05, 3.63) is 16.3 Å². The lowest BCUT2D eigenvalue weighted by atomic mass is 10.1. The molecule has 0 aliphatic heterocycles. The third kappa shape index (κ3) is 6.90. The van der Waals surface area contributed by atoms with Gasteiger partial charge < -0.3 is 20.1 Å². The van der Waals surface area contributed by atoms with Gasteiger partial charge in [-0.1, -0.05) is 13.8 Å². The summed E-state index contributed by atoms with van der Waals surface area (Å²) in [7, 11) is 0. The van der Waals surface area contributed by atoms with Crippen LogP contribution in [-0.2, 0) is 23.9 Å². The molecule has 1 aromatic rings. The van der Waals surface area contributed by atoms with Crippen LogP contribution in [0.2, 0.25) is 0 Å². The van der Waals surface area contributed by atoms with Crippen LogP contribution in [0.4, 0.5) is 11.4 Å². The minimum Gasteiger partial charge on any atom is -0.463 e. The molecule has 0 radical (unpaired) electrons. The van der Waals surface area contributed by atoms with Gasteiger partial charge in [-0.2, -0.15) is 0 Å². The summed E-state index contributed by atoms with van der Waals surface area (Å²) in [5.74, 6) is -2.35. The van der Waals surface area contributed by atoms with Crippen molar-refractivity contribution in [3.8, 4) is 0 Å². The first-order valence-electron chi connectivity index (χ1n) is 8.55. The number of carbonyl (C=O) groups excluding carboxylic acids is 4. The van der Waals surface area contributed by atoms with Crippen molar-refractivity contribution >= 4 is 103 Å². The van der Waals surface area contributed by atoms with E-state index in [-0.39, 0.29) is 29.9 Å². The fourth-order valence-corrected chi connectivity index (χ4v) is 6.42. The molecule has 8 nitrogen and oxygen atoms in total. The molecule has 1 unspecified atom stereocenters. The second-order valence-electron chi connectivity index (χ2n) is 6.25. The molecule has 0 aliphatic rings. The average molecular weight is 742 g/mol. The minimum absolute atomic E-state index is 0.147. The van der Waals surface area contributed by atoms with E-state index in [4.69, 9.17) is 9.47 Å². The number of nitrogens with one attached hydrogen (secondary N) is 2. The SMILES string of the molecule is CCOC(=O)C(OC(=O)c1c(I)c(NC(C)=O)c(I)c(NC(C)=O)c1I)C(C)C. The van der Waals surface area contributed by atoms with Gasteiger partial charge in [0.25, 0.3) is 0 Å². The molecule has 1 rings (SSSR count). The summed E-state index contributed by atoms with van der Waals surface area (Å²) in [6.45, 7) is 8.00. The van der Waals surface area contributed by atoms with Crippen LogP contribution in [0.5, 0.6) is 0 Å². The van der Waals surface area contributed by atoms with E-state index < -0.39 is 18.0 Å². The molecule has 0 fully saturated rings. The van der Waals surface area contributed by atoms with Gasteiger partial charge in [0, 0.05) is 19.8 Å². The maximum atomic E-state index is 13.0. The van der Waals surface area contributed by atoms with Crippen molar-refractivity contribution in [1.29, 1.82) is 0 Å². The molecule has 1 aromatic carbocycles. The number of esters is 2. The van der Waals surface area contributed by atoms with E-state index in [0.29, 0.717) is 22.1 Å². The fraction of sp³-hybridized carbons (Fsp3) is 0.444. The zero-order valence-corrected chi connectivity index (χ0v) is 22.9. The summed E-state index contributed by atoms with van der Waals surface area (Å²) in [6.07, 6.45) is -1.08. The molecular weight excluding hydrogens is 721 g/mol. The molecule has 2 amide bonds. The first-order valence-corrected chi connectivity index (χ1v) is 11.8. The van der Waals surface area contributed by atoms with Crippen LogP contribution in [0.25, 0.3) is 0 Å². The summed E-state index contributed by atoms with van der Waals surface area (Å²) in [6, 6.07) is 0. The Morgan fingerprint density at radius 3 is 1.69 bits per heavy atom. The van der Waals surface area contributed by atoms with E-state index in [2.05, 4.69) is 10.6 Å². The topological polar surface area (TPSA) is 111 Å². The van der Waals surface area contributed by atoms with E-state index in [1.54, 1.807) is 20.8 Å². The van der Waals surface area contributed by atoms with Crippen LogP contribution in [0, 0.1) is 16.6 Å². The van der Waals surface area contributed by atoms with Crippen molar-refractivity contribution in [2.45, 2.75) is 40.7 Å². The lowest BCUT2D eigenvalue weighted by Crippen LogP contribution is -2.34. The molecule has 0 saturated heterocycles. The monoisotopic (exact) mass is 742 g/mol. The highest BCUT2D eigenvalue weighted by Gasteiger charge is 2.32. The van der Waals surface area contributed by atoms with Crippen molar-refractivity contribution in [2.75, 3.05) is 17.2 Å². The smallest absolute Gasteiger partial charge is 0.347 e. The summed E-state index contributed by atoms with van der Waals surface area (Å²) < 4.78 is 11.9. The number of rotatable bonds is 7. The number of benzene rings is 1. The second-order valence-corrected chi connectivity index (χ2v) is 9.49. The highest BCUT2D eigenvalue weighted by atomic mass is 127. The van der Waals surface area contributed by atoms with Crippen LogP contribution >= 0.6 is 67.8 Å². The largest absolute Gasteiger partial charge is 0.463 e. The van der Waals surface area contributed by atoms with Gasteiger partial charge in [0.05, 0.1) is 34.3 Å². The normalized spacial score (nSPS) is 11.6. The molecule has 11 heteroatoms. The molecule has 1 atom stereocenters. The minimum atomic E-state index is -1.08. The molecule has 2 N–H and O–H groups in total. The zero-order valence-electron chi connectivity index (χ0n) is 16.4. The average Bonchev–Trinajstić information content (AvgIpc) is 2.60. The number of hydrogen-bond acceptors (Lipinski definition) is 6. The van der Waals surface area contributed by atoms with Gasteiger partial charge in [-0.3, -0.25) is 9.59 Å². The predicted octanol–water partition coefficient (Wildman–Crippen LogP) is 4.16. The van der Waals surface area contributed by atoms with Crippen LogP contribution in [0.3, 0.4) is 0 Å². The maximum Gasteiger partial charge on any atom is 0.347 e. The van der Waals surface area contributed by atoms with Crippen LogP contribution in [0.1, 0.15) is 45.0 Å². The third-order valence-electron chi connectivity index (χ3n) is 3.48. The summed E-state index contributed by atoms with van der Waals surface area (Å²) >= 11 is 5.86. The van der Waals surface area contributed by atoms with Gasteiger partial charge in [0.15, 0.2) is 0 Å². The number of ether oxygens (including phenoxy) is 2. The van der Waals surface area contributed by atoms with E-state index >= 15 is 0 Å². The van der Waals surface area contributed by atoms with Gasteiger partial charge in [0.1, 0.15) is 0 Å². The van der Waals surface area contributed by atoms with Crippen molar-refractivity contribution in [1.82, 2.24) is 0 Å². The number of carbonyl (C=O) groups is 4. The van der Waals surface area contributed by atoms with Gasteiger partial charge in [-0.25, -0.2) is 9.59 Å². The Labute approximate surface area is 210 Å². The summed E-state index contributed by atoms with van der Waals surface area (Å²) in [5, 5.41) is 5.38. The summed E-state index contributed by atoms with van der Waals surface area (Å²) in [4.78, 5) is 48.5. The van der Waals surface area contributed by atoms with Gasteiger partial charge in [0.2, 0.25) is 17.9 Å². The fourth-order valence-electron chi connectivity index (χ4n) is 2.27. The Kier molecular flexibility index (Phi) is 10.5. The molecule has 0 heterocycles. The van der Waals surface area contributed by atoms with E-state index in [1.165, 1.54) is 13.8 Å². The first-order chi connectivity index (χ1) is 13.4. The van der Waals surface area contributed by atoms with E-state index in [9.17, 15) is 19.2 Å². The molecule has 0 saturated carbocycles. The second kappa shape index (κ2) is 11.6. The number of anilines is 2. The van der Waals surface area contributed by atoms with Crippen molar-refractivity contribution < 1.29 is 28.7 Å². The van der Waals surface area contributed by atoms with Crippen molar-refractivity contribution in [3.63, 3.8) is 0 Å². The number of hydrogen-bond donors (Lipinski definition) is 2. The highest BCUT2D eigenvalue weighted by Crippen LogP contribution is 2.39. The molecule has 0 spiro atoms. The third-order valence-corrected chi connectivity index (χ3v) is 6.72. The molecule has 160 valence electrons. The maximum absolute atomic E-state index is 13.0. The van der Waals surface area contributed by atoms with Crippen LogP contribution < -0.4 is 10.6 Å². The Bertz CT molecular complexity index is 798. The molecule has 0 bridgehead atoms. The van der Waals surface area contributed by atoms with Crippen molar-refractivity contribution in [2.24, 2.45) is 5.92 Å². The van der Waals surface area contributed by atoms with Gasteiger partial charge in [-0.15, -0.1) is 0 Å². The van der Waals surface area contributed by atoms with E-state index in [0.717, 1.165) is 0 Å². The van der Waals surface area contributed by atoms with E-state index in [1.807, 2.05) is 67.8 Å². The van der Waals surface area contributed by atoms with Crippen LogP contribution in [0.15, 0.2) is 0 Å². The molecule has 0 aromatic heterocycles. The Morgan fingerprint density at radius 2 is 1.34 bits per heavy atom. The molecule has 29 heavy (non-hydrogen) atoms. The zero-order chi connectivity index (χ0) is 22.5. The molecular formula is C18H21I3N2O6. The lowest BCUT2D eigenvalue weighted by Gasteiger charge is -2.22. The Hall–Kier alpha value is -0.710. The lowest BCUT2D eigenvalue weighted by molar-refractivity contribution is -0.155. The molecule has 0 aliphatic carbocycles. The van der Waals surface area contributed by atoms with Gasteiger partial charge in [-0.05, 0) is 74.7 Å². The highest BCUT2D eigenvalue weighted by molar-refractivity contribution is 14.1. The Morgan fingerprint density at radius 1 is 0.897 bits per heavy atom. The first kappa shape index (κ1) is 26.3. The quantitative estimate of drug-likeness (QED) is 0.321. The number of halogens is 3.